The second-order valence-electron chi connectivity index (χ2n) is 7.62. The molecule has 4 heterocycles. The van der Waals surface area contributed by atoms with E-state index in [1.807, 2.05) is 4.52 Å². The van der Waals surface area contributed by atoms with E-state index in [1.54, 1.807) is 11.3 Å². The number of nitrogens with zero attached hydrogens (tertiary/aromatic N) is 5. The van der Waals surface area contributed by atoms with Crippen LogP contribution in [0.2, 0.25) is 0 Å². The molecule has 0 radical (unpaired) electrons. The van der Waals surface area contributed by atoms with E-state index in [0.29, 0.717) is 0 Å². The van der Waals surface area contributed by atoms with Gasteiger partial charge in [-0.3, -0.25) is 4.90 Å². The third kappa shape index (κ3) is 2.52. The molecule has 5 nitrogen and oxygen atoms in total. The van der Waals surface area contributed by atoms with E-state index in [4.69, 9.17) is 10.1 Å². The van der Waals surface area contributed by atoms with Crippen molar-refractivity contribution in [3.63, 3.8) is 0 Å². The van der Waals surface area contributed by atoms with Crippen molar-refractivity contribution in [3.05, 3.63) is 11.9 Å². The van der Waals surface area contributed by atoms with Crippen molar-refractivity contribution in [1.29, 1.82) is 0 Å². The van der Waals surface area contributed by atoms with Gasteiger partial charge in [-0.25, -0.2) is 9.50 Å². The van der Waals surface area contributed by atoms with Gasteiger partial charge in [0.25, 0.3) is 0 Å². The van der Waals surface area contributed by atoms with E-state index in [-0.39, 0.29) is 5.41 Å². The van der Waals surface area contributed by atoms with E-state index in [0.717, 1.165) is 34.9 Å². The molecule has 1 atom stereocenters. The average Bonchev–Trinajstić information content (AvgIpc) is 3.20. The largest absolute Gasteiger partial charge is 0.345 e. The molecular formula is C16H25N5S. The Balaban J connectivity index is 1.51. The zero-order valence-electron chi connectivity index (χ0n) is 13.7. The molecule has 2 aromatic heterocycles. The molecule has 2 aromatic rings. The summed E-state index contributed by atoms with van der Waals surface area (Å²) in [5.74, 6) is 0. The summed E-state index contributed by atoms with van der Waals surface area (Å²) in [7, 11) is 0. The number of hydrogen-bond donors (Lipinski definition) is 0. The van der Waals surface area contributed by atoms with Gasteiger partial charge in [-0.15, -0.1) is 5.10 Å². The van der Waals surface area contributed by atoms with Gasteiger partial charge < -0.3 is 4.90 Å². The standard InChI is InChI=1S/C16H25N5S/c1-16(2,3)13-11-21-14(17-13)22-15(18-21)20-9-6-12(10-20)19-7-4-5-8-19/h11-12H,4-10H2,1-3H3/t12-/m1/s1. The van der Waals surface area contributed by atoms with Crippen LogP contribution in [0.15, 0.2) is 6.20 Å². The number of hydrogen-bond acceptors (Lipinski definition) is 5. The molecule has 0 spiro atoms. The summed E-state index contributed by atoms with van der Waals surface area (Å²) >= 11 is 1.72. The fraction of sp³-hybridized carbons (Fsp3) is 0.750. The average molecular weight is 319 g/mol. The summed E-state index contributed by atoms with van der Waals surface area (Å²) in [6.45, 7) is 11.4. The molecule has 4 rings (SSSR count). The maximum Gasteiger partial charge on any atom is 0.214 e. The first-order valence-electron chi connectivity index (χ1n) is 8.36. The van der Waals surface area contributed by atoms with Gasteiger partial charge in [0.2, 0.25) is 10.1 Å². The van der Waals surface area contributed by atoms with Gasteiger partial charge in [-0.1, -0.05) is 32.1 Å². The van der Waals surface area contributed by atoms with Crippen LogP contribution in [0.3, 0.4) is 0 Å². The zero-order chi connectivity index (χ0) is 15.3. The molecule has 2 fully saturated rings. The second-order valence-corrected chi connectivity index (χ2v) is 8.55. The zero-order valence-corrected chi connectivity index (χ0v) is 14.6. The van der Waals surface area contributed by atoms with Gasteiger partial charge >= 0.3 is 0 Å². The molecule has 6 heteroatoms. The monoisotopic (exact) mass is 319 g/mol. The highest BCUT2D eigenvalue weighted by atomic mass is 32.1. The first-order valence-corrected chi connectivity index (χ1v) is 9.18. The summed E-state index contributed by atoms with van der Waals surface area (Å²) in [4.78, 5) is 10.9. The maximum atomic E-state index is 4.77. The number of likely N-dealkylation sites (tertiary alicyclic amines) is 1. The van der Waals surface area contributed by atoms with Gasteiger partial charge in [0, 0.05) is 24.5 Å². The van der Waals surface area contributed by atoms with E-state index in [1.165, 1.54) is 32.4 Å². The minimum atomic E-state index is 0.0854. The Labute approximate surface area is 135 Å². The Kier molecular flexibility index (Phi) is 3.42. The summed E-state index contributed by atoms with van der Waals surface area (Å²) in [5, 5.41) is 5.90. The van der Waals surface area contributed by atoms with Crippen LogP contribution in [-0.2, 0) is 5.41 Å². The lowest BCUT2D eigenvalue weighted by atomic mass is 9.93. The first kappa shape index (κ1) is 14.5. The lowest BCUT2D eigenvalue weighted by Gasteiger charge is -2.23. The Bertz CT molecular complexity index is 630. The molecular weight excluding hydrogens is 294 g/mol. The first-order chi connectivity index (χ1) is 10.5. The molecule has 0 aliphatic carbocycles. The van der Waals surface area contributed by atoms with Crippen LogP contribution in [0.5, 0.6) is 0 Å². The second kappa shape index (κ2) is 5.20. The smallest absolute Gasteiger partial charge is 0.214 e. The fourth-order valence-corrected chi connectivity index (χ4v) is 4.42. The van der Waals surface area contributed by atoms with Gasteiger partial charge in [-0.2, -0.15) is 0 Å². The van der Waals surface area contributed by atoms with Crippen LogP contribution in [0.4, 0.5) is 5.13 Å². The van der Waals surface area contributed by atoms with E-state index >= 15 is 0 Å². The van der Waals surface area contributed by atoms with Gasteiger partial charge in [-0.05, 0) is 32.4 Å². The van der Waals surface area contributed by atoms with E-state index in [2.05, 4.69) is 36.8 Å². The molecule has 22 heavy (non-hydrogen) atoms. The molecule has 0 N–H and O–H groups in total. The lowest BCUT2D eigenvalue weighted by Crippen LogP contribution is -2.35. The van der Waals surface area contributed by atoms with Crippen molar-refractivity contribution in [2.75, 3.05) is 31.1 Å². The van der Waals surface area contributed by atoms with Crippen LogP contribution in [0, 0.1) is 0 Å². The summed E-state index contributed by atoms with van der Waals surface area (Å²) in [6, 6.07) is 0.726. The number of anilines is 1. The highest BCUT2D eigenvalue weighted by Crippen LogP contribution is 2.30. The predicted octanol–water partition coefficient (Wildman–Crippen LogP) is 2.76. The summed E-state index contributed by atoms with van der Waals surface area (Å²) in [5.41, 5.74) is 1.20. The van der Waals surface area contributed by atoms with Crippen molar-refractivity contribution in [3.8, 4) is 0 Å². The summed E-state index contributed by atoms with van der Waals surface area (Å²) in [6.07, 6.45) is 6.10. The molecule has 120 valence electrons. The molecule has 0 aromatic carbocycles. The van der Waals surface area contributed by atoms with Gasteiger partial charge in [0.1, 0.15) is 0 Å². The van der Waals surface area contributed by atoms with Crippen molar-refractivity contribution < 1.29 is 0 Å². The summed E-state index contributed by atoms with van der Waals surface area (Å²) < 4.78 is 1.96. The lowest BCUT2D eigenvalue weighted by molar-refractivity contribution is 0.260. The quantitative estimate of drug-likeness (QED) is 0.853. The minimum absolute atomic E-state index is 0.0854. The van der Waals surface area contributed by atoms with Crippen LogP contribution >= 0.6 is 11.3 Å². The topological polar surface area (TPSA) is 36.7 Å². The van der Waals surface area contributed by atoms with E-state index < -0.39 is 0 Å². The number of imidazole rings is 1. The molecule has 2 saturated heterocycles. The number of fused-ring (bicyclic) bond motifs is 1. The van der Waals surface area contributed by atoms with Crippen LogP contribution < -0.4 is 4.90 Å². The highest BCUT2D eigenvalue weighted by Gasteiger charge is 2.31. The van der Waals surface area contributed by atoms with Crippen LogP contribution in [0.25, 0.3) is 4.96 Å². The molecule has 0 amide bonds. The highest BCUT2D eigenvalue weighted by molar-refractivity contribution is 7.20. The van der Waals surface area contributed by atoms with Crippen molar-refractivity contribution >= 4 is 21.4 Å². The Morgan fingerprint density at radius 1 is 1.18 bits per heavy atom. The Hall–Kier alpha value is -1.14. The predicted molar refractivity (Wildman–Crippen MR) is 91.0 cm³/mol. The number of aromatic nitrogens is 3. The molecule has 2 aliphatic rings. The van der Waals surface area contributed by atoms with Crippen LogP contribution in [-0.4, -0.2) is 51.7 Å². The van der Waals surface area contributed by atoms with E-state index in [9.17, 15) is 0 Å². The molecule has 0 saturated carbocycles. The fourth-order valence-electron chi connectivity index (χ4n) is 3.50. The Morgan fingerprint density at radius 3 is 2.64 bits per heavy atom. The maximum absolute atomic E-state index is 4.77. The third-order valence-electron chi connectivity index (χ3n) is 4.89. The van der Waals surface area contributed by atoms with Crippen molar-refractivity contribution in [2.45, 2.75) is 51.5 Å². The molecule has 0 bridgehead atoms. The normalized spacial score (nSPS) is 24.0. The van der Waals surface area contributed by atoms with Crippen molar-refractivity contribution in [1.82, 2.24) is 19.5 Å². The number of rotatable bonds is 2. The third-order valence-corrected chi connectivity index (χ3v) is 5.88. The Morgan fingerprint density at radius 2 is 1.95 bits per heavy atom. The van der Waals surface area contributed by atoms with Gasteiger partial charge in [0.15, 0.2) is 0 Å². The molecule has 0 unspecified atom stereocenters. The minimum Gasteiger partial charge on any atom is -0.345 e. The van der Waals surface area contributed by atoms with Gasteiger partial charge in [0.05, 0.1) is 11.9 Å². The molecule has 2 aliphatic heterocycles. The van der Waals surface area contributed by atoms with Crippen molar-refractivity contribution in [2.24, 2.45) is 0 Å². The van der Waals surface area contributed by atoms with Crippen LogP contribution in [0.1, 0.15) is 45.7 Å². The SMILES string of the molecule is CC(C)(C)c1cn2nc(N3CC[C@@H](N4CCCC4)C3)sc2n1.